The number of hydrogen-bond acceptors (Lipinski definition) is 3. The van der Waals surface area contributed by atoms with E-state index in [1.165, 1.54) is 0 Å². The van der Waals surface area contributed by atoms with Crippen molar-refractivity contribution in [2.45, 2.75) is 58.4 Å². The Bertz CT molecular complexity index is 194. The maximum atomic E-state index is 6.04. The molecule has 15 heavy (non-hydrogen) atoms. The van der Waals surface area contributed by atoms with Gasteiger partial charge in [-0.15, -0.1) is 12.4 Å². The van der Waals surface area contributed by atoms with Crippen LogP contribution in [0.1, 0.15) is 34.6 Å². The smallest absolute Gasteiger partial charge is 0.0703 e. The van der Waals surface area contributed by atoms with E-state index in [2.05, 4.69) is 39.5 Å². The van der Waals surface area contributed by atoms with Gasteiger partial charge < -0.3 is 10.5 Å². The topological polar surface area (TPSA) is 38.5 Å². The fourth-order valence-electron chi connectivity index (χ4n) is 2.05. The fraction of sp³-hybridized carbons (Fsp3) is 1.00. The van der Waals surface area contributed by atoms with Crippen molar-refractivity contribution in [2.75, 3.05) is 13.1 Å². The van der Waals surface area contributed by atoms with Crippen LogP contribution in [0.25, 0.3) is 0 Å². The Morgan fingerprint density at radius 3 is 2.33 bits per heavy atom. The summed E-state index contributed by atoms with van der Waals surface area (Å²) < 4.78 is 5.76. The Morgan fingerprint density at radius 2 is 1.87 bits per heavy atom. The molecule has 4 heteroatoms. The van der Waals surface area contributed by atoms with Gasteiger partial charge in [-0.1, -0.05) is 0 Å². The third-order valence-corrected chi connectivity index (χ3v) is 2.80. The third-order valence-electron chi connectivity index (χ3n) is 2.80. The van der Waals surface area contributed by atoms with Crippen LogP contribution in [0.15, 0.2) is 0 Å². The lowest BCUT2D eigenvalue weighted by Gasteiger charge is -2.43. The van der Waals surface area contributed by atoms with E-state index in [9.17, 15) is 0 Å². The van der Waals surface area contributed by atoms with E-state index in [1.807, 2.05) is 0 Å². The van der Waals surface area contributed by atoms with Crippen molar-refractivity contribution in [2.24, 2.45) is 5.73 Å². The van der Waals surface area contributed by atoms with Gasteiger partial charge in [-0.2, -0.15) is 0 Å². The molecule has 2 N–H and O–H groups in total. The highest BCUT2D eigenvalue weighted by Crippen LogP contribution is 2.19. The van der Waals surface area contributed by atoms with Gasteiger partial charge in [0.1, 0.15) is 0 Å². The van der Waals surface area contributed by atoms with Gasteiger partial charge in [0.25, 0.3) is 0 Å². The second kappa shape index (κ2) is 5.48. The summed E-state index contributed by atoms with van der Waals surface area (Å²) in [5.74, 6) is 0. The Morgan fingerprint density at radius 1 is 1.33 bits per heavy atom. The summed E-state index contributed by atoms with van der Waals surface area (Å²) in [6.45, 7) is 12.5. The molecule has 0 spiro atoms. The third kappa shape index (κ3) is 4.68. The molecular weight excluding hydrogens is 212 g/mol. The molecule has 1 aliphatic rings. The summed E-state index contributed by atoms with van der Waals surface area (Å²) in [4.78, 5) is 2.43. The lowest BCUT2D eigenvalue weighted by atomic mass is 10.0. The average Bonchev–Trinajstić information content (AvgIpc) is 1.96. The summed E-state index contributed by atoms with van der Waals surface area (Å²) in [6, 6.07) is 0.467. The standard InChI is InChI=1S/C11H24N2O.ClH/c1-8-6-13(7-11(4,5)12)9(2)10(3)14-8;/h8-10H,6-7,12H2,1-5H3;1H. The van der Waals surface area contributed by atoms with Gasteiger partial charge in [0.05, 0.1) is 12.2 Å². The summed E-state index contributed by atoms with van der Waals surface area (Å²) in [5.41, 5.74) is 5.92. The zero-order chi connectivity index (χ0) is 10.9. The zero-order valence-corrected chi connectivity index (χ0v) is 11.3. The SMILES string of the molecule is CC1CN(CC(C)(C)N)C(C)C(C)O1.Cl. The quantitative estimate of drug-likeness (QED) is 0.793. The molecule has 92 valence electrons. The first-order valence-electron chi connectivity index (χ1n) is 5.48. The van der Waals surface area contributed by atoms with Crippen molar-refractivity contribution >= 4 is 12.4 Å². The van der Waals surface area contributed by atoms with E-state index in [0.717, 1.165) is 13.1 Å². The first kappa shape index (κ1) is 15.2. The number of nitrogens with zero attached hydrogens (tertiary/aromatic N) is 1. The minimum Gasteiger partial charge on any atom is -0.373 e. The van der Waals surface area contributed by atoms with Gasteiger partial charge in [-0.25, -0.2) is 0 Å². The molecule has 0 saturated carbocycles. The average molecular weight is 237 g/mol. The number of hydrogen-bond donors (Lipinski definition) is 1. The van der Waals surface area contributed by atoms with Crippen LogP contribution in [0.3, 0.4) is 0 Å². The molecule has 3 nitrogen and oxygen atoms in total. The summed E-state index contributed by atoms with van der Waals surface area (Å²) >= 11 is 0. The molecule has 0 aromatic heterocycles. The highest BCUT2D eigenvalue weighted by molar-refractivity contribution is 5.85. The molecular formula is C11H25ClN2O. The van der Waals surface area contributed by atoms with E-state index < -0.39 is 0 Å². The van der Waals surface area contributed by atoms with E-state index in [-0.39, 0.29) is 17.9 Å². The van der Waals surface area contributed by atoms with Crippen LogP contribution >= 0.6 is 12.4 Å². The van der Waals surface area contributed by atoms with Crippen LogP contribution < -0.4 is 5.73 Å². The Kier molecular flexibility index (Phi) is 5.55. The van der Waals surface area contributed by atoms with Crippen molar-refractivity contribution in [1.29, 1.82) is 0 Å². The zero-order valence-electron chi connectivity index (χ0n) is 10.5. The van der Waals surface area contributed by atoms with Gasteiger partial charge in [-0.05, 0) is 34.6 Å². The van der Waals surface area contributed by atoms with Gasteiger partial charge >= 0.3 is 0 Å². The van der Waals surface area contributed by atoms with Crippen molar-refractivity contribution in [1.82, 2.24) is 4.90 Å². The Hall–Kier alpha value is 0.170. The molecule has 0 bridgehead atoms. The van der Waals surface area contributed by atoms with E-state index in [4.69, 9.17) is 10.5 Å². The number of rotatable bonds is 2. The van der Waals surface area contributed by atoms with Gasteiger partial charge in [0.2, 0.25) is 0 Å². The minimum atomic E-state index is -0.120. The molecule has 1 rings (SSSR count). The maximum Gasteiger partial charge on any atom is 0.0703 e. The molecule has 0 aliphatic carbocycles. The molecule has 1 saturated heterocycles. The molecule has 3 atom stereocenters. The van der Waals surface area contributed by atoms with E-state index in [1.54, 1.807) is 0 Å². The largest absolute Gasteiger partial charge is 0.373 e. The summed E-state index contributed by atoms with van der Waals surface area (Å²) in [5, 5.41) is 0. The molecule has 1 heterocycles. The van der Waals surface area contributed by atoms with Crippen molar-refractivity contribution in [3.05, 3.63) is 0 Å². The molecule has 0 radical (unpaired) electrons. The van der Waals surface area contributed by atoms with Crippen LogP contribution in [0.2, 0.25) is 0 Å². The minimum absolute atomic E-state index is 0. The van der Waals surface area contributed by atoms with Gasteiger partial charge in [0, 0.05) is 24.7 Å². The summed E-state index contributed by atoms with van der Waals surface area (Å²) in [7, 11) is 0. The fourth-order valence-corrected chi connectivity index (χ4v) is 2.05. The monoisotopic (exact) mass is 236 g/mol. The molecule has 0 aromatic rings. The van der Waals surface area contributed by atoms with Crippen LogP contribution in [-0.4, -0.2) is 41.8 Å². The first-order valence-corrected chi connectivity index (χ1v) is 5.48. The van der Waals surface area contributed by atoms with Crippen molar-refractivity contribution in [3.8, 4) is 0 Å². The molecule has 1 fully saturated rings. The number of morpholine rings is 1. The first-order chi connectivity index (χ1) is 6.29. The number of nitrogens with two attached hydrogens (primary N) is 1. The van der Waals surface area contributed by atoms with Crippen LogP contribution in [0.5, 0.6) is 0 Å². The van der Waals surface area contributed by atoms with Crippen molar-refractivity contribution in [3.63, 3.8) is 0 Å². The second-order valence-electron chi connectivity index (χ2n) is 5.31. The lowest BCUT2D eigenvalue weighted by Crippen LogP contribution is -2.57. The normalized spacial score (nSPS) is 33.6. The van der Waals surface area contributed by atoms with Crippen LogP contribution in [0.4, 0.5) is 0 Å². The highest BCUT2D eigenvalue weighted by atomic mass is 35.5. The van der Waals surface area contributed by atoms with E-state index in [0.29, 0.717) is 18.2 Å². The maximum absolute atomic E-state index is 6.04. The van der Waals surface area contributed by atoms with E-state index >= 15 is 0 Å². The predicted molar refractivity (Wildman–Crippen MR) is 66.6 cm³/mol. The molecule has 0 amide bonds. The Balaban J connectivity index is 0.00000196. The Labute approximate surface area is 99.7 Å². The van der Waals surface area contributed by atoms with Crippen LogP contribution in [0, 0.1) is 0 Å². The van der Waals surface area contributed by atoms with Gasteiger partial charge in [0.15, 0.2) is 0 Å². The molecule has 0 aromatic carbocycles. The summed E-state index contributed by atoms with van der Waals surface area (Å²) in [6.07, 6.45) is 0.629. The predicted octanol–water partition coefficient (Wildman–Crippen LogP) is 1.64. The molecule has 3 unspecified atom stereocenters. The van der Waals surface area contributed by atoms with Crippen molar-refractivity contribution < 1.29 is 4.74 Å². The second-order valence-corrected chi connectivity index (χ2v) is 5.31. The van der Waals surface area contributed by atoms with Gasteiger partial charge in [-0.3, -0.25) is 4.90 Å². The molecule has 1 aliphatic heterocycles. The number of halogens is 1. The lowest BCUT2D eigenvalue weighted by molar-refractivity contribution is -0.103. The van der Waals surface area contributed by atoms with Crippen LogP contribution in [-0.2, 0) is 4.74 Å². The number of ether oxygens (including phenoxy) is 1. The highest BCUT2D eigenvalue weighted by Gasteiger charge is 2.31.